The van der Waals surface area contributed by atoms with Gasteiger partial charge in [-0.2, -0.15) is 0 Å². The summed E-state index contributed by atoms with van der Waals surface area (Å²) in [6.45, 7) is 9.93. The molecule has 0 spiro atoms. The molecule has 3 heteroatoms. The summed E-state index contributed by atoms with van der Waals surface area (Å²) in [6.07, 6.45) is 4.99. The minimum atomic E-state index is -4.52. The molecule has 0 aromatic heterocycles. The minimum absolute atomic E-state index is 0.281. The molecule has 0 N–H and O–H groups in total. The Morgan fingerprint density at radius 3 is 1.36 bits per heavy atom. The number of fused-ring (bicyclic) bond motifs is 2. The van der Waals surface area contributed by atoms with Crippen molar-refractivity contribution in [1.82, 2.24) is 0 Å². The van der Waals surface area contributed by atoms with E-state index in [0.717, 1.165) is 4.13 Å². The van der Waals surface area contributed by atoms with Gasteiger partial charge in [-0.3, -0.25) is 0 Å². The van der Waals surface area contributed by atoms with Gasteiger partial charge in [0.15, 0.2) is 0 Å². The second kappa shape index (κ2) is 11.4. The Bertz CT molecular complexity index is 1800. The topological polar surface area (TPSA) is 0 Å². The summed E-state index contributed by atoms with van der Waals surface area (Å²) in [5.41, 5.74) is 15.2. The van der Waals surface area contributed by atoms with Crippen molar-refractivity contribution in [2.75, 3.05) is 0 Å². The zero-order valence-electron chi connectivity index (χ0n) is 26.1. The van der Waals surface area contributed by atoms with Crippen LogP contribution in [0.25, 0.3) is 34.4 Å². The predicted octanol–water partition coefficient (Wildman–Crippen LogP) is 11.7. The van der Waals surface area contributed by atoms with E-state index >= 15 is 0 Å². The van der Waals surface area contributed by atoms with E-state index in [2.05, 4.69) is 166 Å². The van der Waals surface area contributed by atoms with E-state index in [4.69, 9.17) is 8.51 Å². The van der Waals surface area contributed by atoms with Crippen molar-refractivity contribution in [3.8, 4) is 22.3 Å². The number of rotatable bonds is 7. The van der Waals surface area contributed by atoms with Gasteiger partial charge in [-0.15, -0.1) is 0 Å². The van der Waals surface area contributed by atoms with Crippen LogP contribution in [0.1, 0.15) is 48.9 Å². The number of benzene rings is 5. The van der Waals surface area contributed by atoms with Gasteiger partial charge < -0.3 is 0 Å². The van der Waals surface area contributed by atoms with Gasteiger partial charge >= 0.3 is 270 Å². The summed E-state index contributed by atoms with van der Waals surface area (Å²) < 4.78 is 1.58. The molecular weight excluding hydrogens is 647 g/mol. The molecule has 44 heavy (non-hydrogen) atoms. The van der Waals surface area contributed by atoms with Crippen LogP contribution in [0, 0.1) is 0 Å². The van der Waals surface area contributed by atoms with Crippen molar-refractivity contribution in [2.24, 2.45) is 0 Å². The van der Waals surface area contributed by atoms with Crippen molar-refractivity contribution < 1.29 is 16.7 Å². The summed E-state index contributed by atoms with van der Waals surface area (Å²) in [5, 5.41) is 0. The molecule has 5 aromatic carbocycles. The predicted molar refractivity (Wildman–Crippen MR) is 191 cm³/mol. The van der Waals surface area contributed by atoms with Gasteiger partial charge in [0.25, 0.3) is 0 Å². The zero-order chi connectivity index (χ0) is 30.5. The monoisotopic (exact) mass is 685 g/mol. The molecule has 0 bridgehead atoms. The summed E-state index contributed by atoms with van der Waals surface area (Å²) in [4.78, 5) is 0. The molecule has 0 radical (unpaired) electrons. The van der Waals surface area contributed by atoms with Crippen molar-refractivity contribution in [1.29, 1.82) is 0 Å². The Hall–Kier alpha value is -3.03. The van der Waals surface area contributed by atoms with Crippen molar-refractivity contribution in [3.63, 3.8) is 0 Å². The van der Waals surface area contributed by atoms with Gasteiger partial charge in [0.05, 0.1) is 0 Å². The maximum absolute atomic E-state index is 9.11. The molecule has 0 nitrogen and oxygen atoms in total. The molecule has 0 saturated heterocycles. The Morgan fingerprint density at radius 2 is 0.955 bits per heavy atom. The number of halogens is 1. The molecular formula is C41H40ClSiZr. The van der Waals surface area contributed by atoms with Gasteiger partial charge in [0.1, 0.15) is 0 Å². The van der Waals surface area contributed by atoms with Gasteiger partial charge in [0, 0.05) is 0 Å². The van der Waals surface area contributed by atoms with Crippen molar-refractivity contribution >= 4 is 26.6 Å². The maximum atomic E-state index is 9.11. The quantitative estimate of drug-likeness (QED) is 0.149. The summed E-state index contributed by atoms with van der Waals surface area (Å²) in [7, 11) is 9.11. The van der Waals surface area contributed by atoms with Crippen LogP contribution in [0.15, 0.2) is 139 Å². The van der Waals surface area contributed by atoms with Crippen LogP contribution < -0.4 is 0 Å². The molecule has 2 aliphatic rings. The Labute approximate surface area is 268 Å². The van der Waals surface area contributed by atoms with Gasteiger partial charge in [-0.25, -0.2) is 0 Å². The van der Waals surface area contributed by atoms with Gasteiger partial charge in [-0.05, 0) is 0 Å². The first-order valence-electron chi connectivity index (χ1n) is 15.9. The fraction of sp³-hybridized carbons (Fsp3) is 0.171. The number of allylic oxidation sites excluding steroid dienone is 2. The van der Waals surface area contributed by atoms with E-state index in [1.807, 2.05) is 0 Å². The summed E-state index contributed by atoms with van der Waals surface area (Å²) >= 11 is -4.52. The molecule has 7 rings (SSSR count). The average Bonchev–Trinajstić information content (AvgIpc) is 3.58. The summed E-state index contributed by atoms with van der Waals surface area (Å²) in [5.74, 6) is -1.49. The molecule has 2 atom stereocenters. The second-order valence-electron chi connectivity index (χ2n) is 13.4. The summed E-state index contributed by atoms with van der Waals surface area (Å²) in [6, 6.07) is 46.9. The molecule has 5 aromatic rings. The normalized spacial score (nSPS) is 18.3. The second-order valence-corrected chi connectivity index (χ2v) is 51.3. The SMILES string of the molecule is CC1=Cc2c(-c3ccccc3)cccc2[CH]1[Zr]([Cl])([CH2]c1ccccc1)([CH]1C(C)=Cc2c(-c3ccccc3)cccc21)[SiH](C)C. The molecule has 0 aliphatic heterocycles. The fourth-order valence-electron chi connectivity index (χ4n) is 8.83. The molecule has 0 saturated carbocycles. The third-order valence-electron chi connectivity index (χ3n) is 10.7. The third-order valence-corrected chi connectivity index (χ3v) is 61.6. The van der Waals surface area contributed by atoms with Crippen LogP contribution in [-0.2, 0) is 20.9 Å². The molecule has 0 heterocycles. The molecule has 219 valence electrons. The van der Waals surface area contributed by atoms with E-state index in [-0.39, 0.29) is 7.25 Å². The molecule has 2 unspecified atom stereocenters. The number of hydrogen-bond donors (Lipinski definition) is 0. The first-order valence-corrected chi connectivity index (χ1v) is 30.8. The fourth-order valence-corrected chi connectivity index (χ4v) is 49.0. The van der Waals surface area contributed by atoms with E-state index in [0.29, 0.717) is 0 Å². The average molecular weight is 688 g/mol. The first-order chi connectivity index (χ1) is 21.3. The van der Waals surface area contributed by atoms with Crippen LogP contribution in [0.4, 0.5) is 0 Å². The Balaban J connectivity index is 1.51. The molecule has 0 fully saturated rings. The number of hydrogen-bond acceptors (Lipinski definition) is 0. The van der Waals surface area contributed by atoms with E-state index in [1.54, 1.807) is 0 Å². The van der Waals surface area contributed by atoms with Crippen LogP contribution in [-0.4, -0.2) is 5.92 Å². The zero-order valence-corrected chi connectivity index (χ0v) is 30.5. The third kappa shape index (κ3) is 4.56. The van der Waals surface area contributed by atoms with Crippen molar-refractivity contribution in [2.45, 2.75) is 38.3 Å². The van der Waals surface area contributed by atoms with Crippen LogP contribution in [0.5, 0.6) is 0 Å². The van der Waals surface area contributed by atoms with Crippen LogP contribution >= 0.6 is 8.51 Å². The first kappa shape index (κ1) is 29.7. The standard InChI is InChI=1S/2C16H13.C7H7.C2H7Si.ClH.Zr/c2*1-12-10-14-8-5-9-15(16(14)11-12)13-6-3-2-4-7-13;1-7-5-3-2-4-6-7;1-3-2;;/h2*2-11H,1H3;2-6H,1H2;3H,1-2H3;1H;/q;;;;;+1/p-1. The molecule has 0 amide bonds. The Morgan fingerprint density at radius 1 is 0.545 bits per heavy atom. The Kier molecular flexibility index (Phi) is 7.69. The van der Waals surface area contributed by atoms with Crippen LogP contribution in [0.3, 0.4) is 0 Å². The van der Waals surface area contributed by atoms with E-state index < -0.39 is 22.7 Å². The van der Waals surface area contributed by atoms with Gasteiger partial charge in [-0.1, -0.05) is 0 Å². The van der Waals surface area contributed by atoms with E-state index in [1.165, 1.54) is 61.2 Å². The van der Waals surface area contributed by atoms with Gasteiger partial charge in [0.2, 0.25) is 0 Å². The van der Waals surface area contributed by atoms with Crippen molar-refractivity contribution in [3.05, 3.63) is 166 Å². The van der Waals surface area contributed by atoms with Crippen LogP contribution in [0.2, 0.25) is 13.1 Å². The molecule has 2 aliphatic carbocycles. The van der Waals surface area contributed by atoms with E-state index in [9.17, 15) is 0 Å².